The van der Waals surface area contributed by atoms with Crippen molar-refractivity contribution in [1.82, 2.24) is 0 Å². The highest BCUT2D eigenvalue weighted by Gasteiger charge is 2.21. The van der Waals surface area contributed by atoms with Gasteiger partial charge in [0.15, 0.2) is 0 Å². The number of anilines is 2. The van der Waals surface area contributed by atoms with E-state index >= 15 is 0 Å². The van der Waals surface area contributed by atoms with E-state index in [9.17, 15) is 12.8 Å². The second-order valence-corrected chi connectivity index (χ2v) is 7.34. The van der Waals surface area contributed by atoms with E-state index in [4.69, 9.17) is 17.3 Å². The lowest BCUT2D eigenvalue weighted by molar-refractivity contribution is 0.600. The lowest BCUT2D eigenvalue weighted by Crippen LogP contribution is -2.15. The number of nitrogens with two attached hydrogens (primary N) is 1. The van der Waals surface area contributed by atoms with Crippen LogP contribution in [0.2, 0.25) is 5.02 Å². The van der Waals surface area contributed by atoms with Gasteiger partial charge in [0.25, 0.3) is 10.0 Å². The molecule has 21 heavy (non-hydrogen) atoms. The first-order valence-corrected chi connectivity index (χ1v) is 8.39. The highest BCUT2D eigenvalue weighted by molar-refractivity contribution is 9.10. The van der Waals surface area contributed by atoms with Crippen molar-refractivity contribution in [3.63, 3.8) is 0 Å². The summed E-state index contributed by atoms with van der Waals surface area (Å²) in [5.41, 5.74) is 6.23. The van der Waals surface area contributed by atoms with Crippen LogP contribution in [0.15, 0.2) is 39.7 Å². The predicted octanol–water partition coefficient (Wildman–Crippen LogP) is 3.93. The third kappa shape index (κ3) is 3.48. The quantitative estimate of drug-likeness (QED) is 0.776. The predicted molar refractivity (Wildman–Crippen MR) is 85.5 cm³/mol. The summed E-state index contributed by atoms with van der Waals surface area (Å²) in [6.07, 6.45) is 0. The van der Waals surface area contributed by atoms with Gasteiger partial charge in [0.1, 0.15) is 10.7 Å². The molecule has 0 saturated heterocycles. The van der Waals surface area contributed by atoms with Crippen LogP contribution in [-0.4, -0.2) is 8.42 Å². The van der Waals surface area contributed by atoms with Gasteiger partial charge in [-0.3, -0.25) is 4.72 Å². The Morgan fingerprint density at radius 3 is 2.57 bits per heavy atom. The normalized spacial score (nSPS) is 11.4. The summed E-state index contributed by atoms with van der Waals surface area (Å²) in [7, 11) is -3.96. The van der Waals surface area contributed by atoms with Gasteiger partial charge in [-0.25, -0.2) is 12.8 Å². The Hall–Kier alpha value is -1.31. The van der Waals surface area contributed by atoms with E-state index in [2.05, 4.69) is 20.7 Å². The highest BCUT2D eigenvalue weighted by Crippen LogP contribution is 2.29. The minimum absolute atomic E-state index is 0.232. The Morgan fingerprint density at radius 2 is 1.95 bits per heavy atom. The van der Waals surface area contributed by atoms with Gasteiger partial charge < -0.3 is 5.73 Å². The maximum atomic E-state index is 13.3. The van der Waals surface area contributed by atoms with E-state index in [1.807, 2.05) is 0 Å². The lowest BCUT2D eigenvalue weighted by Gasteiger charge is -2.12. The van der Waals surface area contributed by atoms with Crippen molar-refractivity contribution >= 4 is 48.9 Å². The molecule has 0 atom stereocenters. The zero-order valence-corrected chi connectivity index (χ0v) is 14.0. The van der Waals surface area contributed by atoms with E-state index < -0.39 is 15.8 Å². The fraction of sp³-hybridized carbons (Fsp3) is 0.0769. The van der Waals surface area contributed by atoms with Crippen molar-refractivity contribution < 1.29 is 12.8 Å². The molecule has 0 aliphatic heterocycles. The van der Waals surface area contributed by atoms with Crippen LogP contribution >= 0.6 is 27.5 Å². The van der Waals surface area contributed by atoms with Crippen LogP contribution < -0.4 is 10.5 Å². The van der Waals surface area contributed by atoms with E-state index in [0.717, 1.165) is 22.2 Å². The number of sulfonamides is 1. The van der Waals surface area contributed by atoms with Crippen LogP contribution in [0.3, 0.4) is 0 Å². The summed E-state index contributed by atoms with van der Waals surface area (Å²) in [5, 5.41) is -0.232. The molecule has 8 heteroatoms. The van der Waals surface area contributed by atoms with Gasteiger partial charge in [-0.05, 0) is 42.8 Å². The van der Waals surface area contributed by atoms with Crippen LogP contribution in [0.1, 0.15) is 5.56 Å². The third-order valence-corrected chi connectivity index (χ3v) is 5.10. The zero-order valence-electron chi connectivity index (χ0n) is 10.8. The summed E-state index contributed by atoms with van der Waals surface area (Å²) >= 11 is 9.09. The van der Waals surface area contributed by atoms with Gasteiger partial charge in [-0.15, -0.1) is 0 Å². The summed E-state index contributed by atoms with van der Waals surface area (Å²) in [6, 6.07) is 6.94. The monoisotopic (exact) mass is 392 g/mol. The topological polar surface area (TPSA) is 72.2 Å². The summed E-state index contributed by atoms with van der Waals surface area (Å²) in [5.74, 6) is -0.765. The van der Waals surface area contributed by atoms with Crippen LogP contribution in [0.5, 0.6) is 0 Å². The Labute approximate surface area is 135 Å². The van der Waals surface area contributed by atoms with Gasteiger partial charge in [-0.2, -0.15) is 0 Å². The van der Waals surface area contributed by atoms with Crippen LogP contribution in [0.25, 0.3) is 0 Å². The fourth-order valence-electron chi connectivity index (χ4n) is 1.69. The summed E-state index contributed by atoms with van der Waals surface area (Å²) in [4.78, 5) is -0.273. The molecule has 0 saturated carbocycles. The van der Waals surface area contributed by atoms with Crippen molar-refractivity contribution in [1.29, 1.82) is 0 Å². The van der Waals surface area contributed by atoms with E-state index in [1.165, 1.54) is 0 Å². The minimum atomic E-state index is -3.96. The maximum absolute atomic E-state index is 13.3. The lowest BCUT2D eigenvalue weighted by atomic mass is 10.2. The number of nitrogens with one attached hydrogen (secondary N) is 1. The van der Waals surface area contributed by atoms with Gasteiger partial charge in [0, 0.05) is 4.47 Å². The first kappa shape index (κ1) is 16.1. The SMILES string of the molecule is Cc1cc(Br)ccc1NS(=O)(=O)c1cc(N)c(F)cc1Cl. The molecule has 112 valence electrons. The van der Waals surface area contributed by atoms with Crippen molar-refractivity contribution in [2.24, 2.45) is 0 Å². The Kier molecular flexibility index (Phi) is 4.46. The Balaban J connectivity index is 2.46. The number of halogens is 3. The second kappa shape index (κ2) is 5.82. The number of hydrogen-bond acceptors (Lipinski definition) is 3. The van der Waals surface area contributed by atoms with E-state index in [-0.39, 0.29) is 15.6 Å². The molecule has 2 aromatic carbocycles. The van der Waals surface area contributed by atoms with Gasteiger partial charge in [0.05, 0.1) is 16.4 Å². The Morgan fingerprint density at radius 1 is 1.29 bits per heavy atom. The van der Waals surface area contributed by atoms with Crippen molar-refractivity contribution in [3.05, 3.63) is 51.2 Å². The van der Waals surface area contributed by atoms with Crippen molar-refractivity contribution in [3.8, 4) is 0 Å². The molecular formula is C13H11BrClFN2O2S. The number of benzene rings is 2. The van der Waals surface area contributed by atoms with Crippen molar-refractivity contribution in [2.45, 2.75) is 11.8 Å². The van der Waals surface area contributed by atoms with Crippen LogP contribution in [0.4, 0.5) is 15.8 Å². The molecule has 0 aromatic heterocycles. The molecule has 0 aliphatic rings. The molecule has 2 aromatic rings. The average molecular weight is 394 g/mol. The van der Waals surface area contributed by atoms with Crippen LogP contribution in [0, 0.1) is 12.7 Å². The molecule has 0 unspecified atom stereocenters. The molecule has 0 radical (unpaired) electrons. The molecule has 0 amide bonds. The molecule has 3 N–H and O–H groups in total. The molecule has 2 rings (SSSR count). The molecular weight excluding hydrogens is 383 g/mol. The van der Waals surface area contributed by atoms with E-state index in [0.29, 0.717) is 5.69 Å². The molecule has 0 fully saturated rings. The zero-order chi connectivity index (χ0) is 15.8. The number of aryl methyl sites for hydroxylation is 1. The molecule has 0 aliphatic carbocycles. The fourth-order valence-corrected chi connectivity index (χ4v) is 3.85. The van der Waals surface area contributed by atoms with E-state index in [1.54, 1.807) is 25.1 Å². The smallest absolute Gasteiger partial charge is 0.263 e. The largest absolute Gasteiger partial charge is 0.396 e. The molecule has 4 nitrogen and oxygen atoms in total. The molecule has 0 heterocycles. The van der Waals surface area contributed by atoms with Gasteiger partial charge >= 0.3 is 0 Å². The summed E-state index contributed by atoms with van der Waals surface area (Å²) in [6.45, 7) is 1.75. The maximum Gasteiger partial charge on any atom is 0.263 e. The number of hydrogen-bond donors (Lipinski definition) is 2. The average Bonchev–Trinajstić information content (AvgIpc) is 2.37. The number of rotatable bonds is 3. The first-order valence-electron chi connectivity index (χ1n) is 5.74. The second-order valence-electron chi connectivity index (χ2n) is 4.37. The minimum Gasteiger partial charge on any atom is -0.396 e. The Bertz CT molecular complexity index is 812. The molecule has 0 bridgehead atoms. The van der Waals surface area contributed by atoms with Crippen molar-refractivity contribution in [2.75, 3.05) is 10.5 Å². The summed E-state index contributed by atoms with van der Waals surface area (Å²) < 4.78 is 41.2. The van der Waals surface area contributed by atoms with Gasteiger partial charge in [-0.1, -0.05) is 27.5 Å². The number of nitrogen functional groups attached to an aromatic ring is 1. The third-order valence-electron chi connectivity index (χ3n) is 2.77. The molecule has 0 spiro atoms. The van der Waals surface area contributed by atoms with Crippen LogP contribution in [-0.2, 0) is 10.0 Å². The standard InChI is InChI=1S/C13H11BrClFN2O2S/c1-7-4-8(14)2-3-12(7)18-21(19,20)13-6-11(17)10(16)5-9(13)15/h2-6,18H,17H2,1H3. The first-order chi connectivity index (χ1) is 9.70. The van der Waals surface area contributed by atoms with Gasteiger partial charge in [0.2, 0.25) is 0 Å². The highest BCUT2D eigenvalue weighted by atomic mass is 79.9.